The average Bonchev–Trinajstić information content (AvgIpc) is 2.38. The Morgan fingerprint density at radius 1 is 1.37 bits per heavy atom. The molecule has 0 fully saturated rings. The SMILES string of the molecule is N#C/C(N)=C(C#N)\C=C\N1C=C(C(F)(F)F)C=CC1. The lowest BCUT2D eigenvalue weighted by Gasteiger charge is -2.20. The molecule has 0 aromatic carbocycles. The summed E-state index contributed by atoms with van der Waals surface area (Å²) in [5, 5.41) is 17.2. The predicted octanol–water partition coefficient (Wildman–Crippen LogP) is 2.08. The molecule has 0 unspecified atom stereocenters. The molecule has 1 rings (SSSR count). The van der Waals surface area contributed by atoms with Crippen molar-refractivity contribution in [2.75, 3.05) is 6.54 Å². The molecular weight excluding hydrogens is 257 g/mol. The first kappa shape index (κ1) is 14.4. The summed E-state index contributed by atoms with van der Waals surface area (Å²) in [6, 6.07) is 3.28. The molecular formula is C12H9F3N4. The Balaban J connectivity index is 2.92. The smallest absolute Gasteiger partial charge is 0.389 e. The highest BCUT2D eigenvalue weighted by Crippen LogP contribution is 2.28. The van der Waals surface area contributed by atoms with E-state index in [1.165, 1.54) is 23.3 Å². The van der Waals surface area contributed by atoms with E-state index in [0.29, 0.717) is 0 Å². The monoisotopic (exact) mass is 266 g/mol. The second-order valence-corrected chi connectivity index (χ2v) is 3.55. The molecule has 0 bridgehead atoms. The van der Waals surface area contributed by atoms with E-state index in [1.54, 1.807) is 12.1 Å². The summed E-state index contributed by atoms with van der Waals surface area (Å²) in [5.74, 6) is 0. The molecule has 0 aliphatic carbocycles. The largest absolute Gasteiger partial charge is 0.417 e. The van der Waals surface area contributed by atoms with Crippen molar-refractivity contribution in [2.45, 2.75) is 6.18 Å². The zero-order valence-corrected chi connectivity index (χ0v) is 9.65. The van der Waals surface area contributed by atoms with Crippen molar-refractivity contribution in [3.63, 3.8) is 0 Å². The van der Waals surface area contributed by atoms with Gasteiger partial charge in [-0.3, -0.25) is 0 Å². The van der Waals surface area contributed by atoms with E-state index in [-0.39, 0.29) is 17.8 Å². The number of nitrogens with zero attached hydrogens (tertiary/aromatic N) is 3. The lowest BCUT2D eigenvalue weighted by Crippen LogP contribution is -2.20. The first-order valence-electron chi connectivity index (χ1n) is 5.08. The summed E-state index contributed by atoms with van der Waals surface area (Å²) in [7, 11) is 0. The second kappa shape index (κ2) is 5.78. The van der Waals surface area contributed by atoms with Gasteiger partial charge in [-0.05, 0) is 6.08 Å². The van der Waals surface area contributed by atoms with Crippen LogP contribution in [0.15, 0.2) is 47.5 Å². The summed E-state index contributed by atoms with van der Waals surface area (Å²) >= 11 is 0. The number of rotatable bonds is 2. The summed E-state index contributed by atoms with van der Waals surface area (Å²) in [6.07, 6.45) is 1.27. The molecule has 1 aliphatic heterocycles. The van der Waals surface area contributed by atoms with Crippen LogP contribution in [0.1, 0.15) is 0 Å². The molecule has 4 nitrogen and oxygen atoms in total. The molecule has 98 valence electrons. The summed E-state index contributed by atoms with van der Waals surface area (Å²) in [4.78, 5) is 1.24. The molecule has 0 radical (unpaired) electrons. The van der Waals surface area contributed by atoms with Gasteiger partial charge in [-0.15, -0.1) is 0 Å². The number of nitriles is 2. The van der Waals surface area contributed by atoms with Gasteiger partial charge in [0.1, 0.15) is 17.8 Å². The third-order valence-corrected chi connectivity index (χ3v) is 2.21. The Bertz CT molecular complexity index is 553. The maximum atomic E-state index is 12.5. The van der Waals surface area contributed by atoms with Crippen LogP contribution >= 0.6 is 0 Å². The molecule has 7 heteroatoms. The Morgan fingerprint density at radius 3 is 2.58 bits per heavy atom. The van der Waals surface area contributed by atoms with E-state index in [2.05, 4.69) is 0 Å². The number of alkyl halides is 3. The van der Waals surface area contributed by atoms with Crippen LogP contribution in [0.3, 0.4) is 0 Å². The normalized spacial score (nSPS) is 16.7. The van der Waals surface area contributed by atoms with E-state index >= 15 is 0 Å². The van der Waals surface area contributed by atoms with Gasteiger partial charge >= 0.3 is 6.18 Å². The maximum Gasteiger partial charge on any atom is 0.417 e. The third kappa shape index (κ3) is 3.93. The van der Waals surface area contributed by atoms with Gasteiger partial charge in [-0.1, -0.05) is 12.2 Å². The van der Waals surface area contributed by atoms with Gasteiger partial charge < -0.3 is 10.6 Å². The minimum atomic E-state index is -4.43. The topological polar surface area (TPSA) is 76.8 Å². The molecule has 0 aromatic rings. The Hall–Kier alpha value is -2.67. The zero-order valence-electron chi connectivity index (χ0n) is 9.65. The number of hydrogen-bond donors (Lipinski definition) is 1. The van der Waals surface area contributed by atoms with Gasteiger partial charge in [0.2, 0.25) is 0 Å². The predicted molar refractivity (Wildman–Crippen MR) is 61.6 cm³/mol. The standard InChI is InChI=1S/C12H9F3N4/c13-12(14,15)10-2-1-4-19(8-10)5-3-9(6-16)11(18)7-17/h1-3,5,8H,4,18H2/b5-3+,11-9-. The van der Waals surface area contributed by atoms with Crippen molar-refractivity contribution in [1.29, 1.82) is 10.5 Å². The molecule has 19 heavy (non-hydrogen) atoms. The van der Waals surface area contributed by atoms with Crippen molar-refractivity contribution in [3.8, 4) is 12.1 Å². The van der Waals surface area contributed by atoms with E-state index in [4.69, 9.17) is 16.3 Å². The quantitative estimate of drug-likeness (QED) is 0.613. The summed E-state index contributed by atoms with van der Waals surface area (Å²) < 4.78 is 37.4. The minimum absolute atomic E-state index is 0.0981. The van der Waals surface area contributed by atoms with Crippen molar-refractivity contribution < 1.29 is 13.2 Å². The molecule has 0 atom stereocenters. The second-order valence-electron chi connectivity index (χ2n) is 3.55. The Kier molecular flexibility index (Phi) is 4.38. The molecule has 0 spiro atoms. The molecule has 1 heterocycles. The van der Waals surface area contributed by atoms with Crippen LogP contribution in [0.4, 0.5) is 13.2 Å². The van der Waals surface area contributed by atoms with Crippen LogP contribution in [-0.4, -0.2) is 17.6 Å². The number of nitrogens with two attached hydrogens (primary N) is 1. The first-order valence-corrected chi connectivity index (χ1v) is 5.08. The molecule has 0 aromatic heterocycles. The fourth-order valence-electron chi connectivity index (χ4n) is 1.27. The summed E-state index contributed by atoms with van der Waals surface area (Å²) in [5.41, 5.74) is 4.08. The fourth-order valence-corrected chi connectivity index (χ4v) is 1.27. The van der Waals surface area contributed by atoms with Crippen molar-refractivity contribution in [2.24, 2.45) is 5.73 Å². The van der Waals surface area contributed by atoms with Gasteiger partial charge in [-0.25, -0.2) is 0 Å². The lowest BCUT2D eigenvalue weighted by molar-refractivity contribution is -0.0893. The highest BCUT2D eigenvalue weighted by Gasteiger charge is 2.33. The van der Waals surface area contributed by atoms with Crippen LogP contribution in [0, 0.1) is 22.7 Å². The van der Waals surface area contributed by atoms with Crippen molar-refractivity contribution >= 4 is 0 Å². The molecule has 0 saturated carbocycles. The first-order chi connectivity index (χ1) is 8.88. The van der Waals surface area contributed by atoms with Gasteiger partial charge in [0, 0.05) is 18.9 Å². The highest BCUT2D eigenvalue weighted by atomic mass is 19.4. The van der Waals surface area contributed by atoms with Gasteiger partial charge in [0.05, 0.1) is 11.1 Å². The van der Waals surface area contributed by atoms with E-state index < -0.39 is 11.7 Å². The number of halogens is 3. The van der Waals surface area contributed by atoms with Gasteiger partial charge in [0.15, 0.2) is 0 Å². The molecule has 2 N–H and O–H groups in total. The molecule has 1 aliphatic rings. The highest BCUT2D eigenvalue weighted by molar-refractivity contribution is 5.42. The van der Waals surface area contributed by atoms with Gasteiger partial charge in [-0.2, -0.15) is 23.7 Å². The van der Waals surface area contributed by atoms with E-state index in [9.17, 15) is 13.2 Å². The maximum absolute atomic E-state index is 12.5. The minimum Gasteiger partial charge on any atom is -0.389 e. The number of allylic oxidation sites excluding steroid dienone is 5. The van der Waals surface area contributed by atoms with Crippen LogP contribution < -0.4 is 5.73 Å². The van der Waals surface area contributed by atoms with Crippen molar-refractivity contribution in [3.05, 3.63) is 47.5 Å². The fraction of sp³-hybridized carbons (Fsp3) is 0.167. The molecule has 0 amide bonds. The Labute approximate surface area is 107 Å². The zero-order chi connectivity index (χ0) is 14.5. The van der Waals surface area contributed by atoms with E-state index in [0.717, 1.165) is 12.3 Å². The summed E-state index contributed by atoms with van der Waals surface area (Å²) in [6.45, 7) is 0.237. The Morgan fingerprint density at radius 2 is 2.05 bits per heavy atom. The van der Waals surface area contributed by atoms with Crippen LogP contribution in [0.2, 0.25) is 0 Å². The van der Waals surface area contributed by atoms with Gasteiger partial charge in [0.25, 0.3) is 0 Å². The van der Waals surface area contributed by atoms with Crippen LogP contribution in [-0.2, 0) is 0 Å². The average molecular weight is 266 g/mol. The molecule has 0 saturated heterocycles. The lowest BCUT2D eigenvalue weighted by atomic mass is 10.2. The van der Waals surface area contributed by atoms with Crippen LogP contribution in [0.25, 0.3) is 0 Å². The van der Waals surface area contributed by atoms with E-state index in [1.807, 2.05) is 0 Å². The number of hydrogen-bond acceptors (Lipinski definition) is 4. The van der Waals surface area contributed by atoms with Crippen LogP contribution in [0.5, 0.6) is 0 Å². The third-order valence-electron chi connectivity index (χ3n) is 2.21. The van der Waals surface area contributed by atoms with Crippen molar-refractivity contribution in [1.82, 2.24) is 4.90 Å².